The summed E-state index contributed by atoms with van der Waals surface area (Å²) in [5.74, 6) is 0. The number of alkyl halides is 1. The van der Waals surface area contributed by atoms with Crippen molar-refractivity contribution in [1.82, 2.24) is 10.9 Å². The molecule has 1 aliphatic rings. The minimum atomic E-state index is 0.398. The van der Waals surface area contributed by atoms with Crippen molar-refractivity contribution in [3.63, 3.8) is 0 Å². The van der Waals surface area contributed by atoms with E-state index in [1.165, 1.54) is 12.8 Å². The van der Waals surface area contributed by atoms with Crippen LogP contribution in [-0.4, -0.2) is 17.9 Å². The molecule has 48 valence electrons. The molecule has 0 atom stereocenters. The van der Waals surface area contributed by atoms with Crippen LogP contribution in [0.4, 0.5) is 0 Å². The number of halogens is 1. The van der Waals surface area contributed by atoms with Crippen molar-refractivity contribution in [2.45, 2.75) is 18.4 Å². The van der Waals surface area contributed by atoms with E-state index >= 15 is 0 Å². The summed E-state index contributed by atoms with van der Waals surface area (Å²) in [5.41, 5.74) is 6.52. The molecule has 0 aromatic rings. The van der Waals surface area contributed by atoms with Gasteiger partial charge in [-0.25, -0.2) is 0 Å². The molecule has 1 rings (SSSR count). The zero-order valence-corrected chi connectivity index (χ0v) is 6.59. The fourth-order valence-electron chi connectivity index (χ4n) is 0.708. The summed E-state index contributed by atoms with van der Waals surface area (Å²) in [6.07, 6.45) is 2.58. The van der Waals surface area contributed by atoms with E-state index in [-0.39, 0.29) is 0 Å². The maximum Gasteiger partial charge on any atom is 0.0421 e. The van der Waals surface area contributed by atoms with Crippen LogP contribution in [-0.2, 0) is 0 Å². The summed E-state index contributed by atoms with van der Waals surface area (Å²) < 4.78 is 0. The predicted molar refractivity (Wildman–Crippen MR) is 38.0 cm³/mol. The van der Waals surface area contributed by atoms with Gasteiger partial charge >= 0.3 is 0 Å². The van der Waals surface area contributed by atoms with Crippen LogP contribution in [0.25, 0.3) is 0 Å². The summed E-state index contributed by atoms with van der Waals surface area (Å²) >= 11 is 3.43. The first kappa shape index (κ1) is 6.52. The molecule has 0 unspecified atom stereocenters. The molecule has 2 nitrogen and oxygen atoms in total. The third-order valence-corrected chi connectivity index (χ3v) is 2.57. The fraction of sp³-hybridized carbons (Fsp3) is 1.00. The standard InChI is InChI=1S/C5H11BrN2/c1-7-8-5(4-6)2-3-5/h7-8H,2-4H2,1H3. The van der Waals surface area contributed by atoms with Crippen molar-refractivity contribution in [1.29, 1.82) is 0 Å². The van der Waals surface area contributed by atoms with Crippen molar-refractivity contribution in [2.75, 3.05) is 12.4 Å². The van der Waals surface area contributed by atoms with E-state index in [1.807, 2.05) is 7.05 Å². The van der Waals surface area contributed by atoms with E-state index in [1.54, 1.807) is 0 Å². The smallest absolute Gasteiger partial charge is 0.0421 e. The van der Waals surface area contributed by atoms with Crippen LogP contribution in [0.15, 0.2) is 0 Å². The third kappa shape index (κ3) is 1.21. The van der Waals surface area contributed by atoms with Crippen LogP contribution >= 0.6 is 15.9 Å². The molecule has 0 aromatic carbocycles. The molecular formula is C5H11BrN2. The van der Waals surface area contributed by atoms with Gasteiger partial charge in [-0.2, -0.15) is 0 Å². The Hall–Kier alpha value is 0.400. The van der Waals surface area contributed by atoms with Gasteiger partial charge in [-0.05, 0) is 19.9 Å². The number of hydrazine groups is 1. The zero-order chi connectivity index (χ0) is 6.04. The molecule has 0 saturated heterocycles. The van der Waals surface area contributed by atoms with Crippen molar-refractivity contribution in [2.24, 2.45) is 0 Å². The van der Waals surface area contributed by atoms with Crippen molar-refractivity contribution in [3.05, 3.63) is 0 Å². The lowest BCUT2D eigenvalue weighted by atomic mass is 10.4. The Bertz CT molecular complexity index is 80.5. The maximum absolute atomic E-state index is 3.43. The largest absolute Gasteiger partial charge is 0.260 e. The highest BCUT2D eigenvalue weighted by molar-refractivity contribution is 9.09. The maximum atomic E-state index is 3.43. The second-order valence-corrected chi connectivity index (χ2v) is 2.85. The summed E-state index contributed by atoms with van der Waals surface area (Å²) in [5, 5.41) is 1.06. The van der Waals surface area contributed by atoms with E-state index in [0.717, 1.165) is 5.33 Å². The highest BCUT2D eigenvalue weighted by Gasteiger charge is 2.40. The Morgan fingerprint density at radius 1 is 1.62 bits per heavy atom. The van der Waals surface area contributed by atoms with Gasteiger partial charge in [-0.1, -0.05) is 15.9 Å². The molecule has 3 heteroatoms. The van der Waals surface area contributed by atoms with Crippen molar-refractivity contribution < 1.29 is 0 Å². The molecule has 0 aliphatic heterocycles. The molecule has 0 spiro atoms. The van der Waals surface area contributed by atoms with Gasteiger partial charge in [-0.15, -0.1) is 0 Å². The molecule has 1 saturated carbocycles. The van der Waals surface area contributed by atoms with Crippen LogP contribution < -0.4 is 10.9 Å². The summed E-state index contributed by atoms with van der Waals surface area (Å²) in [4.78, 5) is 0. The normalized spacial score (nSPS) is 23.2. The molecule has 2 N–H and O–H groups in total. The van der Waals surface area contributed by atoms with Gasteiger partial charge in [0.1, 0.15) is 0 Å². The minimum Gasteiger partial charge on any atom is -0.260 e. The van der Waals surface area contributed by atoms with Gasteiger partial charge in [0.2, 0.25) is 0 Å². The van der Waals surface area contributed by atoms with Crippen LogP contribution in [0.1, 0.15) is 12.8 Å². The molecular weight excluding hydrogens is 168 g/mol. The quantitative estimate of drug-likeness (QED) is 0.490. The van der Waals surface area contributed by atoms with Gasteiger partial charge in [0.15, 0.2) is 0 Å². The van der Waals surface area contributed by atoms with E-state index in [2.05, 4.69) is 26.8 Å². The molecule has 0 amide bonds. The van der Waals surface area contributed by atoms with Crippen molar-refractivity contribution in [3.8, 4) is 0 Å². The number of nitrogens with one attached hydrogen (secondary N) is 2. The molecule has 0 bridgehead atoms. The Labute approximate surface area is 58.1 Å². The van der Waals surface area contributed by atoms with Crippen LogP contribution in [0, 0.1) is 0 Å². The van der Waals surface area contributed by atoms with E-state index in [4.69, 9.17) is 0 Å². The number of rotatable bonds is 3. The van der Waals surface area contributed by atoms with Crippen LogP contribution in [0.3, 0.4) is 0 Å². The first-order chi connectivity index (χ1) is 3.83. The van der Waals surface area contributed by atoms with Gasteiger partial charge in [0.05, 0.1) is 0 Å². The highest BCUT2D eigenvalue weighted by atomic mass is 79.9. The molecule has 8 heavy (non-hydrogen) atoms. The van der Waals surface area contributed by atoms with E-state index in [0.29, 0.717) is 5.54 Å². The Morgan fingerprint density at radius 2 is 2.25 bits per heavy atom. The molecule has 0 radical (unpaired) electrons. The summed E-state index contributed by atoms with van der Waals surface area (Å²) in [6, 6.07) is 0. The zero-order valence-electron chi connectivity index (χ0n) is 5.00. The van der Waals surface area contributed by atoms with E-state index in [9.17, 15) is 0 Å². The SMILES string of the molecule is CNNC1(CBr)CC1. The second-order valence-electron chi connectivity index (χ2n) is 2.29. The molecule has 0 aromatic heterocycles. The first-order valence-electron chi connectivity index (χ1n) is 2.83. The molecule has 0 heterocycles. The van der Waals surface area contributed by atoms with Crippen LogP contribution in [0.5, 0.6) is 0 Å². The van der Waals surface area contributed by atoms with Gasteiger partial charge < -0.3 is 0 Å². The molecule has 1 aliphatic carbocycles. The van der Waals surface area contributed by atoms with Crippen molar-refractivity contribution >= 4 is 15.9 Å². The van der Waals surface area contributed by atoms with E-state index < -0.39 is 0 Å². The van der Waals surface area contributed by atoms with Gasteiger partial charge in [0.25, 0.3) is 0 Å². The topological polar surface area (TPSA) is 24.1 Å². The highest BCUT2D eigenvalue weighted by Crippen LogP contribution is 2.35. The monoisotopic (exact) mass is 178 g/mol. The second kappa shape index (κ2) is 2.33. The predicted octanol–water partition coefficient (Wildman–Crippen LogP) is 0.638. The Kier molecular flexibility index (Phi) is 1.90. The number of hydrogen-bond donors (Lipinski definition) is 2. The Morgan fingerprint density at radius 3 is 2.38 bits per heavy atom. The molecule has 1 fully saturated rings. The minimum absolute atomic E-state index is 0.398. The lowest BCUT2D eigenvalue weighted by Gasteiger charge is -2.11. The summed E-state index contributed by atoms with van der Waals surface area (Å²) in [6.45, 7) is 0. The van der Waals surface area contributed by atoms with Crippen LogP contribution in [0.2, 0.25) is 0 Å². The lowest BCUT2D eigenvalue weighted by molar-refractivity contribution is 0.483. The van der Waals surface area contributed by atoms with Gasteiger partial charge in [0, 0.05) is 10.9 Å². The van der Waals surface area contributed by atoms with Gasteiger partial charge in [-0.3, -0.25) is 10.9 Å². The fourth-order valence-corrected chi connectivity index (χ4v) is 1.41. The lowest BCUT2D eigenvalue weighted by Crippen LogP contribution is -2.41. The third-order valence-electron chi connectivity index (χ3n) is 1.50. The number of hydrogen-bond acceptors (Lipinski definition) is 2. The average Bonchev–Trinajstić information content (AvgIpc) is 2.50. The average molecular weight is 179 g/mol. The first-order valence-corrected chi connectivity index (χ1v) is 3.95. The Balaban J connectivity index is 2.20. The summed E-state index contributed by atoms with van der Waals surface area (Å²) in [7, 11) is 1.91.